The molecule has 0 fully saturated rings. The highest BCUT2D eigenvalue weighted by Crippen LogP contribution is 2.38. The quantitative estimate of drug-likeness (QED) is 0.632. The summed E-state index contributed by atoms with van der Waals surface area (Å²) in [5.74, 6) is -2.31. The second-order valence-corrected chi connectivity index (χ2v) is 7.19. The first-order chi connectivity index (χ1) is 11.2. The fourth-order valence-electron chi connectivity index (χ4n) is 2.62. The van der Waals surface area contributed by atoms with Gasteiger partial charge in [-0.05, 0) is 23.0 Å². The molecule has 2 aliphatic carbocycles. The first-order valence-electron chi connectivity index (χ1n) is 7.75. The smallest absolute Gasteiger partial charge is 0.382 e. The molecule has 2 rings (SSSR count). The predicted octanol–water partition coefficient (Wildman–Crippen LogP) is 5.65. The Bertz CT molecular complexity index is 588. The van der Waals surface area contributed by atoms with Gasteiger partial charge in [-0.3, -0.25) is 0 Å². The average Bonchev–Trinajstić information content (AvgIpc) is 2.48. The monoisotopic (exact) mass is 365 g/mol. The maximum Gasteiger partial charge on any atom is 0.398 e. The largest absolute Gasteiger partial charge is 0.398 e. The molecule has 0 spiro atoms. The molecule has 0 aromatic heterocycles. The molecule has 0 radical (unpaired) electrons. The van der Waals surface area contributed by atoms with Crippen molar-refractivity contribution < 1.29 is 22.0 Å². The third-order valence-electron chi connectivity index (χ3n) is 4.17. The number of alkyl halides is 3. The lowest BCUT2D eigenvalue weighted by Gasteiger charge is -2.26. The van der Waals surface area contributed by atoms with Crippen molar-refractivity contribution in [2.45, 2.75) is 26.4 Å². The van der Waals surface area contributed by atoms with E-state index in [1.807, 2.05) is 6.08 Å². The van der Waals surface area contributed by atoms with Gasteiger partial charge >= 0.3 is 6.18 Å². The van der Waals surface area contributed by atoms with Gasteiger partial charge in [-0.25, -0.2) is 8.78 Å². The minimum absolute atomic E-state index is 0.0728. The Hall–Kier alpha value is -1.24. The first-order valence-corrected chi connectivity index (χ1v) is 8.73. The van der Waals surface area contributed by atoms with Crippen LogP contribution in [0.15, 0.2) is 46.6 Å². The fourth-order valence-corrected chi connectivity index (χ4v) is 3.52. The molecule has 7 heteroatoms. The van der Waals surface area contributed by atoms with E-state index in [9.17, 15) is 22.0 Å². The molecule has 1 N–H and O–H groups in total. The number of allylic oxidation sites excluding steroid dienone is 6. The number of hydrogen-bond acceptors (Lipinski definition) is 2. The summed E-state index contributed by atoms with van der Waals surface area (Å²) in [7, 11) is 0. The lowest BCUT2D eigenvalue weighted by atomic mass is 9.89. The van der Waals surface area contributed by atoms with Gasteiger partial charge in [0.2, 0.25) is 0 Å². The zero-order chi connectivity index (χ0) is 17.9. The molecule has 0 heterocycles. The van der Waals surface area contributed by atoms with Crippen LogP contribution in [0.25, 0.3) is 0 Å². The Morgan fingerprint density at radius 1 is 1.25 bits per heavy atom. The molecule has 24 heavy (non-hydrogen) atoms. The minimum atomic E-state index is -4.26. The molecular formula is C17H20F5NS. The summed E-state index contributed by atoms with van der Waals surface area (Å²) in [4.78, 5) is 0.509. The van der Waals surface area contributed by atoms with Crippen LogP contribution in [0.5, 0.6) is 0 Å². The zero-order valence-corrected chi connectivity index (χ0v) is 14.3. The molecule has 3 unspecified atom stereocenters. The molecule has 0 amide bonds. The number of rotatable bonds is 5. The predicted molar refractivity (Wildman–Crippen MR) is 87.5 cm³/mol. The van der Waals surface area contributed by atoms with Gasteiger partial charge in [-0.15, -0.1) is 11.8 Å². The van der Waals surface area contributed by atoms with Crippen LogP contribution in [0, 0.1) is 17.8 Å². The van der Waals surface area contributed by atoms with Crippen molar-refractivity contribution in [1.29, 1.82) is 0 Å². The average molecular weight is 365 g/mol. The highest BCUT2D eigenvalue weighted by atomic mass is 32.2. The molecular weight excluding hydrogens is 345 g/mol. The summed E-state index contributed by atoms with van der Waals surface area (Å²) in [5.41, 5.74) is 0.202. The van der Waals surface area contributed by atoms with Crippen LogP contribution in [0.4, 0.5) is 22.0 Å². The second kappa shape index (κ2) is 7.76. The van der Waals surface area contributed by atoms with E-state index in [-0.39, 0.29) is 41.5 Å². The maximum absolute atomic E-state index is 14.1. The fraction of sp³-hybridized carbons (Fsp3) is 0.529. The summed E-state index contributed by atoms with van der Waals surface area (Å²) in [6.07, 6.45) is 2.12. The van der Waals surface area contributed by atoms with Gasteiger partial charge in [0, 0.05) is 24.8 Å². The Morgan fingerprint density at radius 3 is 2.62 bits per heavy atom. The number of hydrogen-bond donors (Lipinski definition) is 1. The van der Waals surface area contributed by atoms with E-state index in [0.29, 0.717) is 23.2 Å². The van der Waals surface area contributed by atoms with E-state index >= 15 is 0 Å². The lowest BCUT2D eigenvalue weighted by molar-refractivity contribution is -0.105. The molecule has 3 atom stereocenters. The Morgan fingerprint density at radius 2 is 1.96 bits per heavy atom. The van der Waals surface area contributed by atoms with Crippen molar-refractivity contribution in [2.24, 2.45) is 17.8 Å². The molecule has 0 aromatic rings. The van der Waals surface area contributed by atoms with Gasteiger partial charge in [-0.2, -0.15) is 13.2 Å². The van der Waals surface area contributed by atoms with E-state index in [1.54, 1.807) is 19.9 Å². The van der Waals surface area contributed by atoms with Gasteiger partial charge in [0.25, 0.3) is 0 Å². The van der Waals surface area contributed by atoms with Crippen molar-refractivity contribution in [1.82, 2.24) is 5.32 Å². The molecule has 1 nitrogen and oxygen atoms in total. The van der Waals surface area contributed by atoms with Gasteiger partial charge in [-0.1, -0.05) is 26.0 Å². The summed E-state index contributed by atoms with van der Waals surface area (Å²) in [6, 6.07) is 0. The maximum atomic E-state index is 14.1. The van der Waals surface area contributed by atoms with Crippen LogP contribution in [0.3, 0.4) is 0 Å². The zero-order valence-electron chi connectivity index (χ0n) is 13.5. The van der Waals surface area contributed by atoms with Crippen LogP contribution in [-0.2, 0) is 0 Å². The molecule has 0 aromatic carbocycles. The van der Waals surface area contributed by atoms with E-state index in [4.69, 9.17) is 0 Å². The van der Waals surface area contributed by atoms with Gasteiger partial charge in [0.1, 0.15) is 11.7 Å². The van der Waals surface area contributed by atoms with Gasteiger partial charge in [0.15, 0.2) is 0 Å². The molecule has 0 bridgehead atoms. The standard InChI is InChI=1S/C17H20F5NS/c1-10-6-14(19)15(7-16(10)24-9-17(20,21)22)23-8-12-4-3-5-13(18)11(12)2/h3-5,7,10-12,23H,6,8-9H2,1-2H3. The van der Waals surface area contributed by atoms with Gasteiger partial charge in [0.05, 0.1) is 11.4 Å². The minimum Gasteiger partial charge on any atom is -0.382 e. The van der Waals surface area contributed by atoms with Crippen LogP contribution >= 0.6 is 11.8 Å². The van der Waals surface area contributed by atoms with E-state index in [2.05, 4.69) is 5.32 Å². The van der Waals surface area contributed by atoms with Crippen LogP contribution in [0.2, 0.25) is 0 Å². The highest BCUT2D eigenvalue weighted by molar-refractivity contribution is 8.03. The lowest BCUT2D eigenvalue weighted by Crippen LogP contribution is -2.28. The Balaban J connectivity index is 2.00. The molecule has 2 aliphatic rings. The number of thioether (sulfide) groups is 1. The summed E-state index contributed by atoms with van der Waals surface area (Å²) >= 11 is 0.693. The van der Waals surface area contributed by atoms with E-state index in [1.165, 1.54) is 12.2 Å². The van der Waals surface area contributed by atoms with Crippen molar-refractivity contribution in [3.63, 3.8) is 0 Å². The Kier molecular flexibility index (Phi) is 6.17. The normalized spacial score (nSPS) is 27.9. The molecule has 0 saturated heterocycles. The van der Waals surface area contributed by atoms with E-state index < -0.39 is 11.9 Å². The van der Waals surface area contributed by atoms with Crippen LogP contribution in [0.1, 0.15) is 20.3 Å². The second-order valence-electron chi connectivity index (χ2n) is 6.14. The number of nitrogens with one attached hydrogen (secondary N) is 1. The summed E-state index contributed by atoms with van der Waals surface area (Å²) < 4.78 is 64.8. The highest BCUT2D eigenvalue weighted by Gasteiger charge is 2.30. The molecule has 134 valence electrons. The van der Waals surface area contributed by atoms with Crippen LogP contribution < -0.4 is 5.32 Å². The molecule has 0 saturated carbocycles. The summed E-state index contributed by atoms with van der Waals surface area (Å²) in [6.45, 7) is 3.78. The third kappa shape index (κ3) is 5.13. The van der Waals surface area contributed by atoms with Gasteiger partial charge < -0.3 is 5.32 Å². The van der Waals surface area contributed by atoms with Crippen molar-refractivity contribution >= 4 is 11.8 Å². The van der Waals surface area contributed by atoms with Crippen molar-refractivity contribution in [2.75, 3.05) is 12.3 Å². The Labute approximate surface area is 142 Å². The van der Waals surface area contributed by atoms with Crippen LogP contribution in [-0.4, -0.2) is 18.5 Å². The third-order valence-corrected chi connectivity index (χ3v) is 5.50. The SMILES string of the molecule is CC1CC(F)=C(NCC2C=CC=C(F)C2C)C=C1SCC(F)(F)F. The molecule has 0 aliphatic heterocycles. The van der Waals surface area contributed by atoms with Crippen molar-refractivity contribution in [3.8, 4) is 0 Å². The van der Waals surface area contributed by atoms with E-state index in [0.717, 1.165) is 0 Å². The summed E-state index contributed by atoms with van der Waals surface area (Å²) in [5, 5.41) is 2.93. The first kappa shape index (κ1) is 19.1. The topological polar surface area (TPSA) is 12.0 Å². The number of halogens is 5. The van der Waals surface area contributed by atoms with Crippen molar-refractivity contribution in [3.05, 3.63) is 46.6 Å².